The molecule has 1 heterocycles. The molecule has 2 amide bonds. The maximum atomic E-state index is 12.8. The third-order valence-corrected chi connectivity index (χ3v) is 3.43. The number of rotatable bonds is 5. The van der Waals surface area contributed by atoms with E-state index in [2.05, 4.69) is 10.6 Å². The number of amides is 2. The first-order chi connectivity index (χ1) is 11.3. The monoisotopic (exact) mass is 345 g/mol. The summed E-state index contributed by atoms with van der Waals surface area (Å²) in [6, 6.07) is 3.04. The lowest BCUT2D eigenvalue weighted by atomic mass is 10.1. The summed E-state index contributed by atoms with van der Waals surface area (Å²) in [5.74, 6) is -0.400. The predicted molar refractivity (Wildman–Crippen MR) is 80.7 cm³/mol. The van der Waals surface area contributed by atoms with Crippen LogP contribution < -0.4 is 15.4 Å². The average Bonchev–Trinajstić information content (AvgIpc) is 2.52. The van der Waals surface area contributed by atoms with Crippen molar-refractivity contribution in [2.24, 2.45) is 0 Å². The Morgan fingerprint density at radius 3 is 2.79 bits per heavy atom. The van der Waals surface area contributed by atoms with Gasteiger partial charge >= 0.3 is 6.18 Å². The van der Waals surface area contributed by atoms with Crippen molar-refractivity contribution in [3.05, 3.63) is 23.8 Å². The second-order valence-electron chi connectivity index (χ2n) is 5.16. The van der Waals surface area contributed by atoms with Crippen molar-refractivity contribution >= 4 is 17.5 Å². The summed E-state index contributed by atoms with van der Waals surface area (Å²) < 4.78 is 43.8. The highest BCUT2D eigenvalue weighted by Crippen LogP contribution is 2.35. The number of hydrogen-bond acceptors (Lipinski definition) is 4. The SMILES string of the molecule is CCOc1ccc(C(F)(F)F)cc1NCC(=O)N1CCNC(=O)C1. The minimum atomic E-state index is -4.49. The van der Waals surface area contributed by atoms with E-state index in [-0.39, 0.29) is 42.9 Å². The zero-order chi connectivity index (χ0) is 17.7. The van der Waals surface area contributed by atoms with Crippen LogP contribution in [0.15, 0.2) is 18.2 Å². The number of anilines is 1. The van der Waals surface area contributed by atoms with Gasteiger partial charge in [0.25, 0.3) is 0 Å². The highest BCUT2D eigenvalue weighted by atomic mass is 19.4. The molecule has 0 bridgehead atoms. The van der Waals surface area contributed by atoms with Gasteiger partial charge in [0.1, 0.15) is 5.75 Å². The second kappa shape index (κ2) is 7.41. The first-order valence-corrected chi connectivity index (χ1v) is 7.43. The van der Waals surface area contributed by atoms with E-state index < -0.39 is 11.7 Å². The van der Waals surface area contributed by atoms with Crippen LogP contribution in [-0.2, 0) is 15.8 Å². The normalized spacial score (nSPS) is 15.0. The molecule has 2 N–H and O–H groups in total. The van der Waals surface area contributed by atoms with Crippen molar-refractivity contribution in [3.63, 3.8) is 0 Å². The summed E-state index contributed by atoms with van der Waals surface area (Å²) >= 11 is 0. The predicted octanol–water partition coefficient (Wildman–Crippen LogP) is 1.47. The van der Waals surface area contributed by atoms with Gasteiger partial charge in [0.15, 0.2) is 0 Å². The van der Waals surface area contributed by atoms with Gasteiger partial charge in [0.05, 0.1) is 30.9 Å². The maximum absolute atomic E-state index is 12.8. The molecule has 2 rings (SSSR count). The summed E-state index contributed by atoms with van der Waals surface area (Å²) in [6.07, 6.45) is -4.49. The van der Waals surface area contributed by atoms with E-state index in [0.717, 1.165) is 12.1 Å². The molecule has 0 saturated carbocycles. The van der Waals surface area contributed by atoms with E-state index >= 15 is 0 Å². The van der Waals surface area contributed by atoms with Crippen molar-refractivity contribution in [2.75, 3.05) is 38.1 Å². The van der Waals surface area contributed by atoms with Gasteiger partial charge in [-0.05, 0) is 25.1 Å². The highest BCUT2D eigenvalue weighted by Gasteiger charge is 2.31. The van der Waals surface area contributed by atoms with Crippen LogP contribution >= 0.6 is 0 Å². The minimum absolute atomic E-state index is 0.0541. The zero-order valence-corrected chi connectivity index (χ0v) is 13.1. The molecule has 0 aliphatic carbocycles. The number of piperazine rings is 1. The fourth-order valence-electron chi connectivity index (χ4n) is 2.26. The van der Waals surface area contributed by atoms with Crippen LogP contribution in [0.4, 0.5) is 18.9 Å². The van der Waals surface area contributed by atoms with Gasteiger partial charge in [-0.3, -0.25) is 9.59 Å². The summed E-state index contributed by atoms with van der Waals surface area (Å²) in [4.78, 5) is 24.7. The molecule has 1 aromatic carbocycles. The van der Waals surface area contributed by atoms with Crippen molar-refractivity contribution in [1.82, 2.24) is 10.2 Å². The Kier molecular flexibility index (Phi) is 5.53. The van der Waals surface area contributed by atoms with Gasteiger partial charge < -0.3 is 20.3 Å². The standard InChI is InChI=1S/C15H18F3N3O3/c1-2-24-12-4-3-10(15(16,17)18)7-11(12)20-8-14(23)21-6-5-19-13(22)9-21/h3-4,7,20H,2,5-6,8-9H2,1H3,(H,19,22). The van der Waals surface area contributed by atoms with Gasteiger partial charge in [0.2, 0.25) is 11.8 Å². The van der Waals surface area contributed by atoms with E-state index in [9.17, 15) is 22.8 Å². The Labute approximate surface area is 137 Å². The maximum Gasteiger partial charge on any atom is 0.416 e. The van der Waals surface area contributed by atoms with Crippen LogP contribution in [0, 0.1) is 0 Å². The van der Waals surface area contributed by atoms with Crippen molar-refractivity contribution in [3.8, 4) is 5.75 Å². The van der Waals surface area contributed by atoms with Crippen molar-refractivity contribution < 1.29 is 27.5 Å². The number of carbonyl (C=O) groups excluding carboxylic acids is 2. The van der Waals surface area contributed by atoms with Crippen LogP contribution in [0.5, 0.6) is 5.75 Å². The Bertz CT molecular complexity index is 620. The van der Waals surface area contributed by atoms with Crippen LogP contribution in [0.25, 0.3) is 0 Å². The average molecular weight is 345 g/mol. The quantitative estimate of drug-likeness (QED) is 0.848. The molecule has 1 aliphatic rings. The van der Waals surface area contributed by atoms with Crippen molar-refractivity contribution in [1.29, 1.82) is 0 Å². The van der Waals surface area contributed by atoms with Gasteiger partial charge in [-0.25, -0.2) is 0 Å². The lowest BCUT2D eigenvalue weighted by molar-refractivity contribution is -0.137. The molecule has 0 aromatic heterocycles. The molecule has 132 valence electrons. The van der Waals surface area contributed by atoms with Crippen LogP contribution in [0.1, 0.15) is 12.5 Å². The Hall–Kier alpha value is -2.45. The number of ether oxygens (including phenoxy) is 1. The van der Waals surface area contributed by atoms with E-state index in [0.29, 0.717) is 13.1 Å². The fourth-order valence-corrected chi connectivity index (χ4v) is 2.26. The summed E-state index contributed by atoms with van der Waals surface area (Å²) in [6.45, 7) is 2.43. The molecule has 1 fully saturated rings. The molecule has 0 unspecified atom stereocenters. The van der Waals surface area contributed by atoms with Gasteiger partial charge in [-0.2, -0.15) is 13.2 Å². The molecular weight excluding hydrogens is 327 g/mol. The Balaban J connectivity index is 2.09. The van der Waals surface area contributed by atoms with Gasteiger partial charge in [0, 0.05) is 13.1 Å². The lowest BCUT2D eigenvalue weighted by Crippen LogP contribution is -2.51. The fraction of sp³-hybridized carbons (Fsp3) is 0.467. The molecule has 9 heteroatoms. The van der Waals surface area contributed by atoms with E-state index in [1.165, 1.54) is 11.0 Å². The molecule has 6 nitrogen and oxygen atoms in total. The molecule has 0 atom stereocenters. The van der Waals surface area contributed by atoms with E-state index in [4.69, 9.17) is 4.74 Å². The smallest absolute Gasteiger partial charge is 0.416 e. The third-order valence-electron chi connectivity index (χ3n) is 3.43. The van der Waals surface area contributed by atoms with E-state index in [1.807, 2.05) is 0 Å². The van der Waals surface area contributed by atoms with Crippen molar-refractivity contribution in [2.45, 2.75) is 13.1 Å². The molecule has 1 saturated heterocycles. The molecule has 0 radical (unpaired) electrons. The number of carbonyl (C=O) groups is 2. The zero-order valence-electron chi connectivity index (χ0n) is 13.1. The summed E-state index contributed by atoms with van der Waals surface area (Å²) in [7, 11) is 0. The Morgan fingerprint density at radius 2 is 2.17 bits per heavy atom. The molecular formula is C15H18F3N3O3. The summed E-state index contributed by atoms with van der Waals surface area (Å²) in [5.41, 5.74) is -0.750. The second-order valence-corrected chi connectivity index (χ2v) is 5.16. The summed E-state index contributed by atoms with van der Waals surface area (Å²) in [5, 5.41) is 5.27. The minimum Gasteiger partial charge on any atom is -0.492 e. The molecule has 24 heavy (non-hydrogen) atoms. The molecule has 0 spiro atoms. The number of alkyl halides is 3. The number of nitrogens with one attached hydrogen (secondary N) is 2. The van der Waals surface area contributed by atoms with E-state index in [1.54, 1.807) is 6.92 Å². The van der Waals surface area contributed by atoms with Crippen LogP contribution in [0.3, 0.4) is 0 Å². The first kappa shape index (κ1) is 17.9. The van der Waals surface area contributed by atoms with Crippen LogP contribution in [-0.4, -0.2) is 49.5 Å². The van der Waals surface area contributed by atoms with Crippen LogP contribution in [0.2, 0.25) is 0 Å². The Morgan fingerprint density at radius 1 is 1.42 bits per heavy atom. The number of benzene rings is 1. The number of nitrogens with zero attached hydrogens (tertiary/aromatic N) is 1. The first-order valence-electron chi connectivity index (χ1n) is 7.43. The highest BCUT2D eigenvalue weighted by molar-refractivity contribution is 5.88. The van der Waals surface area contributed by atoms with Gasteiger partial charge in [-0.15, -0.1) is 0 Å². The molecule has 1 aromatic rings. The molecule has 1 aliphatic heterocycles. The third kappa shape index (κ3) is 4.53. The number of hydrogen-bond donors (Lipinski definition) is 2. The largest absolute Gasteiger partial charge is 0.492 e. The topological polar surface area (TPSA) is 70.7 Å². The lowest BCUT2D eigenvalue weighted by Gasteiger charge is -2.27. The van der Waals surface area contributed by atoms with Gasteiger partial charge in [-0.1, -0.05) is 0 Å². The number of halogens is 3.